The monoisotopic (exact) mass is 647 g/mol. The Morgan fingerprint density at radius 3 is 2.75 bits per heavy atom. The Labute approximate surface area is 200 Å². The van der Waals surface area contributed by atoms with Gasteiger partial charge in [-0.05, 0) is 0 Å². The number of benzene rings is 1. The van der Waals surface area contributed by atoms with Crippen molar-refractivity contribution < 1.29 is 68.7 Å². The summed E-state index contributed by atoms with van der Waals surface area (Å²) in [5, 5.41) is 6.14. The summed E-state index contributed by atoms with van der Waals surface area (Å²) in [5.74, 6) is -0.143. The van der Waals surface area contributed by atoms with Gasteiger partial charge in [0.2, 0.25) is 5.91 Å². The third-order valence-corrected chi connectivity index (χ3v) is 4.90. The van der Waals surface area contributed by atoms with Crippen LogP contribution in [0.2, 0.25) is 0 Å². The number of ether oxygens (including phenoxy) is 2. The quantitative estimate of drug-likeness (QED) is 0.446. The van der Waals surface area contributed by atoms with E-state index in [1.54, 1.807) is 12.1 Å². The Bertz CT molecular complexity index is 679. The number of cyclic esters (lactones) is 1. The van der Waals surface area contributed by atoms with Crippen LogP contribution in [0.25, 0.3) is 0 Å². The Hall–Kier alpha value is -0.684. The van der Waals surface area contributed by atoms with Gasteiger partial charge in [-0.15, -0.1) is 0 Å². The number of carbonyl (C=O) groups is 2. The number of nitrogens with one attached hydrogen (secondary N) is 2. The minimum atomic E-state index is -0.417. The van der Waals surface area contributed by atoms with Crippen molar-refractivity contribution in [3.63, 3.8) is 0 Å². The predicted octanol–water partition coefficient (Wildman–Crippen LogP) is -0.0772. The summed E-state index contributed by atoms with van der Waals surface area (Å²) in [7, 11) is 0. The first-order valence-corrected chi connectivity index (χ1v) is 8.86. The first kappa shape index (κ1) is 23.6. The number of nitrogens with zero attached hydrogens (tertiary/aromatic N) is 2. The molecule has 3 saturated heterocycles. The fourth-order valence-electron chi connectivity index (χ4n) is 3.58. The Morgan fingerprint density at radius 2 is 2.07 bits per heavy atom. The van der Waals surface area contributed by atoms with Crippen molar-refractivity contribution in [2.75, 3.05) is 49.1 Å². The van der Waals surface area contributed by atoms with Crippen LogP contribution < -0.4 is 20.4 Å². The second-order valence-electron chi connectivity index (χ2n) is 6.78. The maximum absolute atomic E-state index is 12.1. The Morgan fingerprint density at radius 1 is 1.32 bits per heavy atom. The summed E-state index contributed by atoms with van der Waals surface area (Å²) in [5.41, 5.74) is 1.56. The molecule has 10 heteroatoms. The Kier molecular flexibility index (Phi) is 8.74. The summed E-state index contributed by atoms with van der Waals surface area (Å²) in [6, 6.07) is 10.3. The molecule has 0 saturated carbocycles. The molecule has 4 rings (SSSR count). The predicted molar refractivity (Wildman–Crippen MR) is 94.2 cm³/mol. The van der Waals surface area contributed by atoms with Crippen LogP contribution in [0.15, 0.2) is 12.1 Å². The van der Waals surface area contributed by atoms with Crippen LogP contribution in [0, 0.1) is 43.2 Å². The summed E-state index contributed by atoms with van der Waals surface area (Å²) >= 11 is 0. The number of morpholine rings is 1. The van der Waals surface area contributed by atoms with Gasteiger partial charge >= 0.3 is 6.09 Å². The second kappa shape index (κ2) is 10.4. The maximum atomic E-state index is 12.1. The first-order valence-electron chi connectivity index (χ1n) is 8.86. The van der Waals surface area contributed by atoms with E-state index in [1.807, 2.05) is 0 Å². The Balaban J connectivity index is 0.00000140. The van der Waals surface area contributed by atoms with Gasteiger partial charge < -0.3 is 42.0 Å². The maximum Gasteiger partial charge on any atom is 0.393 e. The molecule has 3 unspecified atom stereocenters. The molecule has 3 aliphatic rings. The second-order valence-corrected chi connectivity index (χ2v) is 6.78. The van der Waals surface area contributed by atoms with Gasteiger partial charge in [-0.1, -0.05) is 0 Å². The summed E-state index contributed by atoms with van der Waals surface area (Å²) in [6.45, 7) is 5.46. The molecule has 2 N–H and O–H groups in total. The molecule has 0 bridgehead atoms. The molecule has 2 amide bonds. The third-order valence-electron chi connectivity index (χ3n) is 4.90. The third kappa shape index (κ3) is 5.27. The van der Waals surface area contributed by atoms with Gasteiger partial charge in [0.1, 0.15) is 6.10 Å². The standard InChI is InChI=1S/C18H22N4O4.U.V/c1-12(23)20-8-15-9-22(18(24)26-15)14-4-2-13(3-5-14)21-10-16-17(11-21)25-7-6-19-16;;/h4-5,15-17,19H,6-11H2,1H3,(H,20,23);;/q-2;;. The zero-order valence-corrected chi connectivity index (χ0v) is 21.2. The molecule has 0 aromatic heterocycles. The van der Waals surface area contributed by atoms with Crippen LogP contribution in [-0.4, -0.2) is 69.6 Å². The first-order chi connectivity index (χ1) is 12.6. The van der Waals surface area contributed by atoms with Gasteiger partial charge in [-0.25, -0.2) is 10.5 Å². The molecule has 0 spiro atoms. The number of amides is 2. The summed E-state index contributed by atoms with van der Waals surface area (Å²) < 4.78 is 11.1. The van der Waals surface area contributed by atoms with E-state index in [1.165, 1.54) is 11.8 Å². The molecule has 8 nitrogen and oxygen atoms in total. The van der Waals surface area contributed by atoms with Crippen molar-refractivity contribution in [3.05, 3.63) is 24.3 Å². The molecule has 1 radical (unpaired) electrons. The van der Waals surface area contributed by atoms with Crippen molar-refractivity contribution in [2.45, 2.75) is 25.2 Å². The minimum absolute atomic E-state index is 0. The van der Waals surface area contributed by atoms with E-state index in [0.717, 1.165) is 31.9 Å². The van der Waals surface area contributed by atoms with E-state index < -0.39 is 6.09 Å². The number of fused-ring (bicyclic) bond motifs is 1. The molecule has 3 atom stereocenters. The minimum Gasteiger partial charge on any atom is -0.443 e. The van der Waals surface area contributed by atoms with E-state index >= 15 is 0 Å². The van der Waals surface area contributed by atoms with Crippen LogP contribution in [0.1, 0.15) is 6.92 Å². The fourth-order valence-corrected chi connectivity index (χ4v) is 3.58. The smallest absolute Gasteiger partial charge is 0.393 e. The van der Waals surface area contributed by atoms with Crippen LogP contribution in [-0.2, 0) is 32.8 Å². The van der Waals surface area contributed by atoms with Gasteiger partial charge in [-0.2, -0.15) is 5.69 Å². The van der Waals surface area contributed by atoms with Crippen LogP contribution in [0.4, 0.5) is 16.2 Å². The number of carbonyl (C=O) groups excluding carboxylic acids is 2. The summed E-state index contributed by atoms with van der Waals surface area (Å²) in [4.78, 5) is 26.8. The normalized spacial score (nSPS) is 26.0. The zero-order valence-electron chi connectivity index (χ0n) is 15.6. The van der Waals surface area contributed by atoms with Gasteiger partial charge in [0, 0.05) is 82.8 Å². The number of anilines is 2. The van der Waals surface area contributed by atoms with Crippen molar-refractivity contribution in [2.24, 2.45) is 0 Å². The fraction of sp³-hybridized carbons (Fsp3) is 0.556. The van der Waals surface area contributed by atoms with Gasteiger partial charge in [0.05, 0.1) is 25.3 Å². The van der Waals surface area contributed by atoms with E-state index in [9.17, 15) is 9.59 Å². The summed E-state index contributed by atoms with van der Waals surface area (Å²) in [6.07, 6.45) is -0.566. The van der Waals surface area contributed by atoms with Crippen molar-refractivity contribution in [1.82, 2.24) is 10.6 Å². The average Bonchev–Trinajstić information content (AvgIpc) is 3.23. The number of rotatable bonds is 4. The molecule has 3 fully saturated rings. The van der Waals surface area contributed by atoms with Crippen LogP contribution in [0.3, 0.4) is 0 Å². The van der Waals surface area contributed by atoms with Crippen LogP contribution in [0.5, 0.6) is 0 Å². The molecular weight excluding hydrogens is 625 g/mol. The molecule has 149 valence electrons. The molecule has 1 aromatic carbocycles. The topological polar surface area (TPSA) is 83.1 Å². The van der Waals surface area contributed by atoms with E-state index in [0.29, 0.717) is 24.8 Å². The van der Waals surface area contributed by atoms with Crippen molar-refractivity contribution in [3.8, 4) is 0 Å². The molecule has 28 heavy (non-hydrogen) atoms. The van der Waals surface area contributed by atoms with E-state index in [4.69, 9.17) is 9.47 Å². The molecule has 3 aliphatic heterocycles. The number of hydrogen-bond acceptors (Lipinski definition) is 6. The van der Waals surface area contributed by atoms with Gasteiger partial charge in [0.15, 0.2) is 0 Å². The SMILES string of the molecule is CC(=O)NCC1CN(c2c[c-]c(N3CC4NCCOC4C3)[c-]c2)C(=O)O1.[U].[V]. The van der Waals surface area contributed by atoms with Crippen molar-refractivity contribution in [1.29, 1.82) is 0 Å². The number of hydrogen-bond donors (Lipinski definition) is 2. The largest absolute Gasteiger partial charge is 0.443 e. The van der Waals surface area contributed by atoms with E-state index in [2.05, 4.69) is 27.7 Å². The molecule has 0 aliphatic carbocycles. The van der Waals surface area contributed by atoms with Gasteiger partial charge in [0.25, 0.3) is 0 Å². The molecule has 3 heterocycles. The van der Waals surface area contributed by atoms with Crippen molar-refractivity contribution >= 4 is 23.4 Å². The zero-order chi connectivity index (χ0) is 18.1. The van der Waals surface area contributed by atoms with E-state index in [-0.39, 0.29) is 67.8 Å². The van der Waals surface area contributed by atoms with Gasteiger partial charge in [-0.3, -0.25) is 16.9 Å². The molecular formula is C18H22N4O4UV-2. The van der Waals surface area contributed by atoms with Crippen LogP contribution >= 0.6 is 0 Å². The average molecular weight is 647 g/mol. The molecule has 1 aromatic rings.